The molecular formula is C11H19NO9S2. The van der Waals surface area contributed by atoms with E-state index in [-0.39, 0.29) is 11.5 Å². The average molecular weight is 373 g/mol. The lowest BCUT2D eigenvalue weighted by Crippen LogP contribution is -2.57. The largest absolute Gasteiger partial charge is 0.394 e. The van der Waals surface area contributed by atoms with Crippen LogP contribution >= 0.6 is 11.8 Å². The van der Waals surface area contributed by atoms with Gasteiger partial charge < -0.3 is 30.3 Å². The Morgan fingerprint density at radius 1 is 1.30 bits per heavy atom. The molecule has 1 aliphatic heterocycles. The fraction of sp³-hybridized carbons (Fsp3) is 0.727. The van der Waals surface area contributed by atoms with E-state index in [0.29, 0.717) is 11.8 Å². The summed E-state index contributed by atoms with van der Waals surface area (Å²) in [5, 5.41) is 47.4. The summed E-state index contributed by atoms with van der Waals surface area (Å²) in [4.78, 5) is 0. The highest BCUT2D eigenvalue weighted by molar-refractivity contribution is 8.14. The minimum absolute atomic E-state index is 0.316. The molecular weight excluding hydrogens is 354 g/mol. The Kier molecular flexibility index (Phi) is 7.57. The van der Waals surface area contributed by atoms with Crippen LogP contribution in [0, 0.1) is 0 Å². The van der Waals surface area contributed by atoms with Gasteiger partial charge in [0.1, 0.15) is 29.9 Å². The normalized spacial score (nSPS) is 34.2. The standard InChI is InChI=1S/C11H19NO9S2/c1-2-5(14)3-7(12-23(18,19)20)22-11-10(17)9(16)8(15)6(4-13)21-11/h2,5-6,8-11,13-17H,1,3-4H2,(H,18,19,20)/t5-,6+,8+,9-,10+,11-/m0/s1. The minimum atomic E-state index is -4.77. The Morgan fingerprint density at radius 2 is 1.91 bits per heavy atom. The number of aliphatic hydroxyl groups excluding tert-OH is 5. The van der Waals surface area contributed by atoms with Gasteiger partial charge in [0, 0.05) is 6.42 Å². The van der Waals surface area contributed by atoms with Crippen LogP contribution in [-0.4, -0.2) is 86.1 Å². The molecule has 0 bridgehead atoms. The maximum Gasteiger partial charge on any atom is 0.379 e. The van der Waals surface area contributed by atoms with Crippen LogP contribution in [0.1, 0.15) is 6.42 Å². The molecule has 0 aromatic heterocycles. The fourth-order valence-electron chi connectivity index (χ4n) is 1.80. The second-order valence-corrected chi connectivity index (χ2v) is 7.00. The Hall–Kier alpha value is -0.570. The molecule has 10 nitrogen and oxygen atoms in total. The highest BCUT2D eigenvalue weighted by atomic mass is 32.2. The summed E-state index contributed by atoms with van der Waals surface area (Å²) in [6.45, 7) is 2.66. The van der Waals surface area contributed by atoms with Crippen molar-refractivity contribution in [3.8, 4) is 0 Å². The van der Waals surface area contributed by atoms with Gasteiger partial charge in [0.25, 0.3) is 0 Å². The summed E-state index contributed by atoms with van der Waals surface area (Å²) in [5.41, 5.74) is -1.29. The summed E-state index contributed by atoms with van der Waals surface area (Å²) in [6.07, 6.45) is -6.42. The van der Waals surface area contributed by atoms with Gasteiger partial charge in [0.15, 0.2) is 0 Å². The predicted molar refractivity (Wildman–Crippen MR) is 81.2 cm³/mol. The zero-order chi connectivity index (χ0) is 17.8. The number of ether oxygens (including phenoxy) is 1. The number of thioether (sulfide) groups is 1. The Labute approximate surface area is 137 Å². The lowest BCUT2D eigenvalue weighted by molar-refractivity contribution is -0.205. The van der Waals surface area contributed by atoms with Gasteiger partial charge in [-0.2, -0.15) is 8.42 Å². The van der Waals surface area contributed by atoms with E-state index in [1.165, 1.54) is 0 Å². The van der Waals surface area contributed by atoms with Crippen LogP contribution in [0.2, 0.25) is 0 Å². The molecule has 0 amide bonds. The van der Waals surface area contributed by atoms with Crippen molar-refractivity contribution in [3.05, 3.63) is 12.7 Å². The molecule has 1 heterocycles. The molecule has 0 radical (unpaired) electrons. The third-order valence-electron chi connectivity index (χ3n) is 2.97. The van der Waals surface area contributed by atoms with Crippen LogP contribution in [0.5, 0.6) is 0 Å². The van der Waals surface area contributed by atoms with Crippen molar-refractivity contribution in [2.24, 2.45) is 4.40 Å². The van der Waals surface area contributed by atoms with E-state index >= 15 is 0 Å². The Bertz CT molecular complexity index is 536. The first-order chi connectivity index (χ1) is 10.6. The van der Waals surface area contributed by atoms with E-state index in [2.05, 4.69) is 11.0 Å². The SMILES string of the molecule is C=C[C@H](O)CC(=NS(=O)(=O)O)S[C@@H]1O[C@H](CO)[C@@H](O)[C@H](O)[C@H]1O. The molecule has 134 valence electrons. The third-order valence-corrected chi connectivity index (χ3v) is 4.69. The first kappa shape index (κ1) is 20.5. The van der Waals surface area contributed by atoms with Crippen LogP contribution in [0.4, 0.5) is 0 Å². The molecule has 1 aliphatic rings. The summed E-state index contributed by atoms with van der Waals surface area (Å²) < 4.78 is 38.8. The quantitative estimate of drug-likeness (QED) is 0.128. The molecule has 6 atom stereocenters. The average Bonchev–Trinajstić information content (AvgIpc) is 2.45. The number of aliphatic hydroxyl groups is 5. The van der Waals surface area contributed by atoms with Gasteiger partial charge in [0.05, 0.1) is 17.8 Å². The summed E-state index contributed by atoms with van der Waals surface area (Å²) in [7, 11) is -4.77. The second-order valence-electron chi connectivity index (χ2n) is 4.76. The van der Waals surface area contributed by atoms with Crippen molar-refractivity contribution in [2.75, 3.05) is 6.61 Å². The van der Waals surface area contributed by atoms with Crippen molar-refractivity contribution in [3.63, 3.8) is 0 Å². The molecule has 6 N–H and O–H groups in total. The topological polar surface area (TPSA) is 177 Å². The smallest absolute Gasteiger partial charge is 0.379 e. The fourth-order valence-corrected chi connectivity index (χ4v) is 3.62. The van der Waals surface area contributed by atoms with E-state index in [4.69, 9.17) is 14.4 Å². The van der Waals surface area contributed by atoms with Gasteiger partial charge in [-0.05, 0) is 0 Å². The van der Waals surface area contributed by atoms with E-state index < -0.39 is 52.9 Å². The van der Waals surface area contributed by atoms with Crippen molar-refractivity contribution in [1.29, 1.82) is 0 Å². The number of rotatable bonds is 6. The molecule has 0 aromatic rings. The van der Waals surface area contributed by atoms with Crippen LogP contribution in [0.3, 0.4) is 0 Å². The van der Waals surface area contributed by atoms with Crippen LogP contribution in [-0.2, 0) is 15.0 Å². The highest BCUT2D eigenvalue weighted by Crippen LogP contribution is 2.30. The minimum Gasteiger partial charge on any atom is -0.394 e. The maximum atomic E-state index is 10.9. The monoisotopic (exact) mass is 373 g/mol. The summed E-state index contributed by atoms with van der Waals surface area (Å²) in [5.74, 6) is 0. The lowest BCUT2D eigenvalue weighted by Gasteiger charge is -2.39. The van der Waals surface area contributed by atoms with Gasteiger partial charge >= 0.3 is 10.3 Å². The van der Waals surface area contributed by atoms with E-state index in [1.807, 2.05) is 0 Å². The van der Waals surface area contributed by atoms with E-state index in [1.54, 1.807) is 0 Å². The third kappa shape index (κ3) is 6.10. The van der Waals surface area contributed by atoms with Crippen LogP contribution in [0.25, 0.3) is 0 Å². The molecule has 0 aliphatic carbocycles. The Balaban J connectivity index is 2.97. The molecule has 0 saturated carbocycles. The zero-order valence-electron chi connectivity index (χ0n) is 11.8. The first-order valence-corrected chi connectivity index (χ1v) is 8.70. The molecule has 0 unspecified atom stereocenters. The number of hydrogen-bond donors (Lipinski definition) is 6. The summed E-state index contributed by atoms with van der Waals surface area (Å²) >= 11 is 0.518. The highest BCUT2D eigenvalue weighted by Gasteiger charge is 2.44. The summed E-state index contributed by atoms with van der Waals surface area (Å²) in [6, 6.07) is 0. The van der Waals surface area contributed by atoms with Gasteiger partial charge in [-0.3, -0.25) is 4.55 Å². The van der Waals surface area contributed by atoms with Gasteiger partial charge in [-0.1, -0.05) is 17.8 Å². The molecule has 0 spiro atoms. The van der Waals surface area contributed by atoms with Crippen LogP contribution < -0.4 is 0 Å². The zero-order valence-corrected chi connectivity index (χ0v) is 13.5. The van der Waals surface area contributed by atoms with E-state index in [9.17, 15) is 28.8 Å². The molecule has 1 rings (SSSR count). The molecule has 12 heteroatoms. The molecule has 23 heavy (non-hydrogen) atoms. The number of nitrogens with zero attached hydrogens (tertiary/aromatic N) is 1. The van der Waals surface area contributed by atoms with Crippen LogP contribution in [0.15, 0.2) is 17.1 Å². The van der Waals surface area contributed by atoms with Gasteiger partial charge in [-0.15, -0.1) is 11.0 Å². The first-order valence-electron chi connectivity index (χ1n) is 6.43. The van der Waals surface area contributed by atoms with E-state index in [0.717, 1.165) is 6.08 Å². The second kappa shape index (κ2) is 8.50. The predicted octanol–water partition coefficient (Wildman–Crippen LogP) is -2.34. The Morgan fingerprint density at radius 3 is 2.39 bits per heavy atom. The lowest BCUT2D eigenvalue weighted by atomic mass is 10.0. The molecule has 1 saturated heterocycles. The van der Waals surface area contributed by atoms with Crippen molar-refractivity contribution in [2.45, 2.75) is 42.4 Å². The van der Waals surface area contributed by atoms with Gasteiger partial charge in [0.2, 0.25) is 0 Å². The van der Waals surface area contributed by atoms with Gasteiger partial charge in [-0.25, -0.2) is 0 Å². The molecule has 1 fully saturated rings. The molecule has 0 aromatic carbocycles. The van der Waals surface area contributed by atoms with Crippen molar-refractivity contribution in [1.82, 2.24) is 0 Å². The maximum absolute atomic E-state index is 10.9. The number of hydrogen-bond acceptors (Lipinski definition) is 9. The van der Waals surface area contributed by atoms with Crippen molar-refractivity contribution < 1.29 is 43.2 Å². The van der Waals surface area contributed by atoms with Crippen molar-refractivity contribution >= 4 is 27.1 Å².